The number of benzene rings is 1. The summed E-state index contributed by atoms with van der Waals surface area (Å²) in [6.07, 6.45) is 0.772. The van der Waals surface area contributed by atoms with E-state index in [2.05, 4.69) is 41.6 Å². The summed E-state index contributed by atoms with van der Waals surface area (Å²) in [5.41, 5.74) is 0.964. The zero-order chi connectivity index (χ0) is 15.4. The predicted molar refractivity (Wildman–Crippen MR) is 90.6 cm³/mol. The van der Waals surface area contributed by atoms with E-state index in [9.17, 15) is 0 Å². The average Bonchev–Trinajstić information content (AvgIpc) is 3.14. The van der Waals surface area contributed by atoms with Crippen molar-refractivity contribution in [3.05, 3.63) is 40.5 Å². The van der Waals surface area contributed by atoms with E-state index in [0.717, 1.165) is 31.9 Å². The first-order valence-corrected chi connectivity index (χ1v) is 9.13. The van der Waals surface area contributed by atoms with Gasteiger partial charge in [0.15, 0.2) is 10.2 Å². The lowest BCUT2D eigenvalue weighted by atomic mass is 10.3. The molecule has 1 N–H and O–H groups in total. The largest absolute Gasteiger partial charge is 0.338 e. The van der Waals surface area contributed by atoms with Gasteiger partial charge in [0, 0.05) is 16.6 Å². The third-order valence-corrected chi connectivity index (χ3v) is 5.08. The predicted octanol–water partition coefficient (Wildman–Crippen LogP) is 4.28. The molecule has 114 valence electrons. The SMILES string of the molecule is CCc1noc(CSc2nnc(Nc3cccc(Br)c3)s2)n1. The second-order valence-corrected chi connectivity index (χ2v) is 7.37. The van der Waals surface area contributed by atoms with Gasteiger partial charge in [-0.2, -0.15) is 4.98 Å². The minimum Gasteiger partial charge on any atom is -0.338 e. The van der Waals surface area contributed by atoms with Crippen LogP contribution < -0.4 is 5.32 Å². The number of aryl methyl sites for hydroxylation is 1. The van der Waals surface area contributed by atoms with Gasteiger partial charge >= 0.3 is 0 Å². The number of halogens is 1. The van der Waals surface area contributed by atoms with Crippen LogP contribution in [0.4, 0.5) is 10.8 Å². The van der Waals surface area contributed by atoms with Gasteiger partial charge in [-0.1, -0.05) is 57.2 Å². The Hall–Kier alpha value is -1.45. The van der Waals surface area contributed by atoms with Gasteiger partial charge in [0.05, 0.1) is 5.75 Å². The quantitative estimate of drug-likeness (QED) is 0.621. The van der Waals surface area contributed by atoms with E-state index in [-0.39, 0.29) is 0 Å². The van der Waals surface area contributed by atoms with Crippen LogP contribution in [0.5, 0.6) is 0 Å². The maximum absolute atomic E-state index is 5.15. The molecule has 6 nitrogen and oxygen atoms in total. The van der Waals surface area contributed by atoms with Crippen molar-refractivity contribution in [2.45, 2.75) is 23.4 Å². The molecule has 2 heterocycles. The minimum atomic E-state index is 0.596. The molecular formula is C13H12BrN5OS2. The molecule has 0 aliphatic carbocycles. The van der Waals surface area contributed by atoms with Crippen LogP contribution in [-0.4, -0.2) is 20.3 Å². The second kappa shape index (κ2) is 7.21. The summed E-state index contributed by atoms with van der Waals surface area (Å²) in [6.45, 7) is 1.99. The van der Waals surface area contributed by atoms with Crippen LogP contribution in [-0.2, 0) is 12.2 Å². The van der Waals surface area contributed by atoms with Gasteiger partial charge in [0.2, 0.25) is 11.0 Å². The molecular weight excluding hydrogens is 386 g/mol. The molecule has 0 bridgehead atoms. The van der Waals surface area contributed by atoms with Gasteiger partial charge < -0.3 is 9.84 Å². The van der Waals surface area contributed by atoms with E-state index in [1.165, 1.54) is 23.1 Å². The van der Waals surface area contributed by atoms with Gasteiger partial charge in [0.25, 0.3) is 0 Å². The number of hydrogen-bond donors (Lipinski definition) is 1. The summed E-state index contributed by atoms with van der Waals surface area (Å²) in [5, 5.41) is 16.1. The normalized spacial score (nSPS) is 10.8. The fourth-order valence-electron chi connectivity index (χ4n) is 1.62. The Labute approximate surface area is 143 Å². The van der Waals surface area contributed by atoms with Gasteiger partial charge in [-0.3, -0.25) is 0 Å². The molecule has 9 heteroatoms. The molecule has 0 saturated carbocycles. The molecule has 0 spiro atoms. The molecule has 22 heavy (non-hydrogen) atoms. The van der Waals surface area contributed by atoms with Crippen molar-refractivity contribution >= 4 is 49.8 Å². The van der Waals surface area contributed by atoms with E-state index < -0.39 is 0 Å². The van der Waals surface area contributed by atoms with Gasteiger partial charge in [-0.25, -0.2) is 0 Å². The smallest absolute Gasteiger partial charge is 0.237 e. The molecule has 0 aliphatic heterocycles. The first kappa shape index (κ1) is 15.4. The van der Waals surface area contributed by atoms with E-state index in [1.54, 1.807) is 0 Å². The summed E-state index contributed by atoms with van der Waals surface area (Å²) in [4.78, 5) is 4.27. The molecule has 2 aromatic heterocycles. The Morgan fingerprint density at radius 2 is 2.27 bits per heavy atom. The maximum atomic E-state index is 5.15. The second-order valence-electron chi connectivity index (χ2n) is 4.26. The Morgan fingerprint density at radius 3 is 3.05 bits per heavy atom. The van der Waals surface area contributed by atoms with Crippen LogP contribution in [0, 0.1) is 0 Å². The van der Waals surface area contributed by atoms with Crippen molar-refractivity contribution < 1.29 is 4.52 Å². The number of nitrogens with one attached hydrogen (secondary N) is 1. The lowest BCUT2D eigenvalue weighted by molar-refractivity contribution is 0.385. The molecule has 3 rings (SSSR count). The monoisotopic (exact) mass is 397 g/mol. The molecule has 0 radical (unpaired) electrons. The van der Waals surface area contributed by atoms with Crippen molar-refractivity contribution in [2.24, 2.45) is 0 Å². The zero-order valence-electron chi connectivity index (χ0n) is 11.6. The fourth-order valence-corrected chi connectivity index (χ4v) is 3.63. The molecule has 0 atom stereocenters. The Bertz CT molecular complexity index is 760. The first-order chi connectivity index (χ1) is 10.7. The van der Waals surface area contributed by atoms with E-state index in [1.807, 2.05) is 31.2 Å². The minimum absolute atomic E-state index is 0.596. The van der Waals surface area contributed by atoms with Gasteiger partial charge in [-0.15, -0.1) is 10.2 Å². The number of hydrogen-bond acceptors (Lipinski definition) is 8. The van der Waals surface area contributed by atoms with Crippen LogP contribution in [0.3, 0.4) is 0 Å². The number of aromatic nitrogens is 4. The third-order valence-electron chi connectivity index (χ3n) is 2.63. The van der Waals surface area contributed by atoms with Crippen molar-refractivity contribution in [3.63, 3.8) is 0 Å². The maximum Gasteiger partial charge on any atom is 0.237 e. The molecule has 0 unspecified atom stereocenters. The van der Waals surface area contributed by atoms with Gasteiger partial charge in [0.1, 0.15) is 0 Å². The van der Waals surface area contributed by atoms with Crippen LogP contribution >= 0.6 is 39.0 Å². The van der Waals surface area contributed by atoms with Crippen molar-refractivity contribution in [1.82, 2.24) is 20.3 Å². The lowest BCUT2D eigenvalue weighted by Crippen LogP contribution is -1.88. The van der Waals surface area contributed by atoms with Crippen molar-refractivity contribution in [2.75, 3.05) is 5.32 Å². The standard InChI is InChI=1S/C13H12BrN5OS2/c1-2-10-16-11(20-19-10)7-21-13-18-17-12(22-13)15-9-5-3-4-8(14)6-9/h3-6H,2,7H2,1H3,(H,15,17). The van der Waals surface area contributed by atoms with E-state index in [0.29, 0.717) is 11.6 Å². The van der Waals surface area contributed by atoms with Crippen LogP contribution in [0.2, 0.25) is 0 Å². The number of nitrogens with zero attached hydrogens (tertiary/aromatic N) is 4. The Balaban J connectivity index is 1.59. The van der Waals surface area contributed by atoms with E-state index >= 15 is 0 Å². The highest BCUT2D eigenvalue weighted by Gasteiger charge is 2.09. The molecule has 0 fully saturated rings. The first-order valence-electron chi connectivity index (χ1n) is 6.53. The summed E-state index contributed by atoms with van der Waals surface area (Å²) in [6, 6.07) is 7.90. The molecule has 3 aromatic rings. The highest BCUT2D eigenvalue weighted by molar-refractivity contribution is 9.10. The summed E-state index contributed by atoms with van der Waals surface area (Å²) < 4.78 is 7.02. The van der Waals surface area contributed by atoms with Crippen LogP contribution in [0.1, 0.15) is 18.6 Å². The van der Waals surface area contributed by atoms with Crippen LogP contribution in [0.25, 0.3) is 0 Å². The van der Waals surface area contributed by atoms with Crippen molar-refractivity contribution in [1.29, 1.82) is 0 Å². The summed E-state index contributed by atoms with van der Waals surface area (Å²) >= 11 is 6.46. The highest BCUT2D eigenvalue weighted by Crippen LogP contribution is 2.30. The zero-order valence-corrected chi connectivity index (χ0v) is 14.8. The topological polar surface area (TPSA) is 76.7 Å². The molecule has 1 aromatic carbocycles. The molecule has 0 aliphatic rings. The number of thioether (sulfide) groups is 1. The lowest BCUT2D eigenvalue weighted by Gasteiger charge is -2.01. The third kappa shape index (κ3) is 4.05. The van der Waals surface area contributed by atoms with E-state index in [4.69, 9.17) is 4.52 Å². The summed E-state index contributed by atoms with van der Waals surface area (Å²) in [7, 11) is 0. The Morgan fingerprint density at radius 1 is 1.36 bits per heavy atom. The molecule has 0 amide bonds. The number of anilines is 2. The fraction of sp³-hybridized carbons (Fsp3) is 0.231. The highest BCUT2D eigenvalue weighted by atomic mass is 79.9. The van der Waals surface area contributed by atoms with Crippen LogP contribution in [0.15, 0.2) is 37.6 Å². The van der Waals surface area contributed by atoms with Gasteiger partial charge in [-0.05, 0) is 18.2 Å². The molecule has 0 saturated heterocycles. The van der Waals surface area contributed by atoms with Crippen molar-refractivity contribution in [3.8, 4) is 0 Å². The average molecular weight is 398 g/mol. The summed E-state index contributed by atoms with van der Waals surface area (Å²) in [5.74, 6) is 1.93. The Kier molecular flexibility index (Phi) is 5.06. The number of rotatable bonds is 6.